The number of fused-ring (bicyclic) bond motifs is 1. The molecule has 1 saturated carbocycles. The zero-order chi connectivity index (χ0) is 20.2. The van der Waals surface area contributed by atoms with Gasteiger partial charge in [-0.15, -0.1) is 0 Å². The van der Waals surface area contributed by atoms with Gasteiger partial charge in [0, 0.05) is 26.1 Å². The van der Waals surface area contributed by atoms with Crippen molar-refractivity contribution in [3.63, 3.8) is 0 Å². The van der Waals surface area contributed by atoms with E-state index in [1.54, 1.807) is 18.2 Å². The SMILES string of the molecule is COC(=O)c1ccccc1O[C@@H]1C[C@@H]2CN(CCC3OCCCO3)C[C@@H]2C[C@H]1O. The van der Waals surface area contributed by atoms with Crippen molar-refractivity contribution in [3.05, 3.63) is 29.8 Å². The van der Waals surface area contributed by atoms with Gasteiger partial charge in [0.2, 0.25) is 0 Å². The highest BCUT2D eigenvalue weighted by Crippen LogP contribution is 2.38. The maximum absolute atomic E-state index is 12.0. The van der Waals surface area contributed by atoms with Gasteiger partial charge in [-0.05, 0) is 43.2 Å². The lowest BCUT2D eigenvalue weighted by molar-refractivity contribution is -0.182. The van der Waals surface area contributed by atoms with E-state index in [9.17, 15) is 9.90 Å². The normalized spacial score (nSPS) is 30.7. The molecule has 3 fully saturated rings. The maximum Gasteiger partial charge on any atom is 0.341 e. The number of carbonyl (C=O) groups excluding carboxylic acids is 1. The summed E-state index contributed by atoms with van der Waals surface area (Å²) in [5, 5.41) is 10.7. The molecule has 4 rings (SSSR count). The van der Waals surface area contributed by atoms with E-state index in [1.165, 1.54) is 7.11 Å². The Hall–Kier alpha value is -1.67. The van der Waals surface area contributed by atoms with Crippen molar-refractivity contribution in [1.82, 2.24) is 4.90 Å². The molecule has 0 aromatic heterocycles. The highest BCUT2D eigenvalue weighted by Gasteiger charge is 2.42. The fourth-order valence-electron chi connectivity index (χ4n) is 4.80. The van der Waals surface area contributed by atoms with Gasteiger partial charge in [0.15, 0.2) is 6.29 Å². The first-order valence-electron chi connectivity index (χ1n) is 10.6. The molecule has 2 aliphatic heterocycles. The molecule has 160 valence electrons. The number of methoxy groups -OCH3 is 1. The summed E-state index contributed by atoms with van der Waals surface area (Å²) in [6.45, 7) is 4.52. The summed E-state index contributed by atoms with van der Waals surface area (Å²) in [6, 6.07) is 7.05. The molecule has 2 heterocycles. The van der Waals surface area contributed by atoms with Crippen LogP contribution in [0.2, 0.25) is 0 Å². The molecule has 0 bridgehead atoms. The van der Waals surface area contributed by atoms with Crippen LogP contribution in [0.3, 0.4) is 0 Å². The fraction of sp³-hybridized carbons (Fsp3) is 0.682. The predicted molar refractivity (Wildman–Crippen MR) is 106 cm³/mol. The Bertz CT molecular complexity index is 692. The van der Waals surface area contributed by atoms with Crippen LogP contribution in [0.5, 0.6) is 5.75 Å². The number of esters is 1. The Morgan fingerprint density at radius 1 is 1.17 bits per heavy atom. The second-order valence-corrected chi connectivity index (χ2v) is 8.28. The number of hydrogen-bond donors (Lipinski definition) is 1. The standard InChI is InChI=1S/C22H31NO6/c1-26-22(25)17-5-2-3-6-19(17)29-20-12-16-14-23(13-15(16)11-18(20)24)8-7-21-27-9-4-10-28-21/h2-3,5-6,15-16,18,20-21,24H,4,7-14H2,1H3/t15-,16+,18+,20+/m0/s1. The van der Waals surface area contributed by atoms with Gasteiger partial charge in [0.25, 0.3) is 0 Å². The van der Waals surface area contributed by atoms with Crippen LogP contribution in [0.4, 0.5) is 0 Å². The molecule has 7 nitrogen and oxygen atoms in total. The average molecular weight is 405 g/mol. The summed E-state index contributed by atoms with van der Waals surface area (Å²) in [5.74, 6) is 1.02. The number of ether oxygens (including phenoxy) is 4. The Morgan fingerprint density at radius 2 is 1.90 bits per heavy atom. The van der Waals surface area contributed by atoms with Crippen LogP contribution in [0.25, 0.3) is 0 Å². The lowest BCUT2D eigenvalue weighted by Crippen LogP contribution is -2.42. The van der Waals surface area contributed by atoms with Crippen LogP contribution in [0.1, 0.15) is 36.0 Å². The van der Waals surface area contributed by atoms with Crippen molar-refractivity contribution in [2.75, 3.05) is 40.0 Å². The molecule has 2 saturated heterocycles. The van der Waals surface area contributed by atoms with E-state index >= 15 is 0 Å². The summed E-state index contributed by atoms with van der Waals surface area (Å²) in [6.07, 6.45) is 2.44. The quantitative estimate of drug-likeness (QED) is 0.726. The third-order valence-corrected chi connectivity index (χ3v) is 6.31. The zero-order valence-electron chi connectivity index (χ0n) is 17.0. The molecule has 1 N–H and O–H groups in total. The Kier molecular flexibility index (Phi) is 6.70. The first kappa shape index (κ1) is 20.6. The van der Waals surface area contributed by atoms with Gasteiger partial charge in [0.1, 0.15) is 17.4 Å². The number of rotatable bonds is 6. The number of para-hydroxylation sites is 1. The van der Waals surface area contributed by atoms with Gasteiger partial charge in [-0.1, -0.05) is 12.1 Å². The van der Waals surface area contributed by atoms with Crippen LogP contribution in [-0.2, 0) is 14.2 Å². The number of aliphatic hydroxyl groups excluding tert-OH is 1. The minimum absolute atomic E-state index is 0.0807. The average Bonchev–Trinajstić information content (AvgIpc) is 3.14. The van der Waals surface area contributed by atoms with E-state index in [-0.39, 0.29) is 12.4 Å². The molecular weight excluding hydrogens is 374 g/mol. The molecule has 1 aliphatic carbocycles. The Balaban J connectivity index is 1.33. The molecule has 7 heteroatoms. The van der Waals surface area contributed by atoms with Gasteiger partial charge in [-0.25, -0.2) is 4.79 Å². The highest BCUT2D eigenvalue weighted by molar-refractivity contribution is 5.92. The maximum atomic E-state index is 12.0. The van der Waals surface area contributed by atoms with Crippen LogP contribution >= 0.6 is 0 Å². The van der Waals surface area contributed by atoms with E-state index in [4.69, 9.17) is 18.9 Å². The summed E-state index contributed by atoms with van der Waals surface area (Å²) in [5.41, 5.74) is 0.393. The lowest BCUT2D eigenvalue weighted by Gasteiger charge is -2.35. The van der Waals surface area contributed by atoms with Crippen molar-refractivity contribution in [3.8, 4) is 5.75 Å². The predicted octanol–water partition coefficient (Wildman–Crippen LogP) is 2.08. The summed E-state index contributed by atoms with van der Waals surface area (Å²) in [4.78, 5) is 14.4. The largest absolute Gasteiger partial charge is 0.487 e. The van der Waals surface area contributed by atoms with Gasteiger partial charge in [-0.2, -0.15) is 0 Å². The summed E-state index contributed by atoms with van der Waals surface area (Å²) >= 11 is 0. The van der Waals surface area contributed by atoms with Crippen LogP contribution in [0.15, 0.2) is 24.3 Å². The minimum Gasteiger partial charge on any atom is -0.487 e. The highest BCUT2D eigenvalue weighted by atomic mass is 16.7. The number of carbonyl (C=O) groups is 1. The van der Waals surface area contributed by atoms with E-state index < -0.39 is 12.1 Å². The molecule has 0 spiro atoms. The molecular formula is C22H31NO6. The van der Waals surface area contributed by atoms with E-state index in [2.05, 4.69) is 4.90 Å². The number of likely N-dealkylation sites (tertiary alicyclic amines) is 1. The first-order chi connectivity index (χ1) is 14.1. The van der Waals surface area contributed by atoms with Gasteiger partial charge < -0.3 is 29.0 Å². The third-order valence-electron chi connectivity index (χ3n) is 6.31. The molecule has 4 atom stereocenters. The number of hydrogen-bond acceptors (Lipinski definition) is 7. The monoisotopic (exact) mass is 405 g/mol. The van der Waals surface area contributed by atoms with Crippen LogP contribution < -0.4 is 4.74 Å². The molecule has 3 aliphatic rings. The van der Waals surface area contributed by atoms with Crippen LogP contribution in [-0.4, -0.2) is 74.4 Å². The van der Waals surface area contributed by atoms with E-state index in [1.807, 2.05) is 6.07 Å². The Morgan fingerprint density at radius 3 is 2.66 bits per heavy atom. The van der Waals surface area contributed by atoms with Gasteiger partial charge >= 0.3 is 5.97 Å². The van der Waals surface area contributed by atoms with Crippen molar-refractivity contribution >= 4 is 5.97 Å². The Labute approximate surface area is 171 Å². The molecule has 1 aromatic carbocycles. The van der Waals surface area contributed by atoms with Gasteiger partial charge in [-0.3, -0.25) is 0 Å². The second kappa shape index (κ2) is 9.43. The van der Waals surface area contributed by atoms with Crippen molar-refractivity contribution < 1.29 is 28.8 Å². The van der Waals surface area contributed by atoms with E-state index in [0.717, 1.165) is 58.5 Å². The van der Waals surface area contributed by atoms with Crippen molar-refractivity contribution in [1.29, 1.82) is 0 Å². The molecule has 0 unspecified atom stereocenters. The molecule has 0 radical (unpaired) electrons. The molecule has 0 amide bonds. The minimum atomic E-state index is -0.535. The fourth-order valence-corrected chi connectivity index (χ4v) is 4.80. The number of benzene rings is 1. The number of aliphatic hydroxyl groups is 1. The third kappa shape index (κ3) is 4.91. The summed E-state index contributed by atoms with van der Waals surface area (Å²) in [7, 11) is 1.36. The van der Waals surface area contributed by atoms with Crippen molar-refractivity contribution in [2.45, 2.75) is 44.2 Å². The van der Waals surface area contributed by atoms with Crippen LogP contribution in [0, 0.1) is 11.8 Å². The lowest BCUT2D eigenvalue weighted by atomic mass is 9.78. The van der Waals surface area contributed by atoms with E-state index in [0.29, 0.717) is 23.1 Å². The molecule has 29 heavy (non-hydrogen) atoms. The smallest absolute Gasteiger partial charge is 0.341 e. The topological polar surface area (TPSA) is 77.5 Å². The second-order valence-electron chi connectivity index (χ2n) is 8.28. The van der Waals surface area contributed by atoms with Gasteiger partial charge in [0.05, 0.1) is 26.4 Å². The number of nitrogens with zero attached hydrogens (tertiary/aromatic N) is 1. The molecule has 1 aromatic rings. The summed E-state index contributed by atoms with van der Waals surface area (Å²) < 4.78 is 22.3. The zero-order valence-corrected chi connectivity index (χ0v) is 17.0. The first-order valence-corrected chi connectivity index (χ1v) is 10.6. The van der Waals surface area contributed by atoms with Crippen molar-refractivity contribution in [2.24, 2.45) is 11.8 Å².